The van der Waals surface area contributed by atoms with Crippen LogP contribution in [-0.4, -0.2) is 18.0 Å². The molecule has 0 bridgehead atoms. The summed E-state index contributed by atoms with van der Waals surface area (Å²) in [5.41, 5.74) is 1.16. The zero-order valence-electron chi connectivity index (χ0n) is 14.0. The monoisotopic (exact) mass is 338 g/mol. The molecule has 0 heterocycles. The van der Waals surface area contributed by atoms with E-state index >= 15 is 0 Å². The molecular formula is C20H22N2O3. The summed E-state index contributed by atoms with van der Waals surface area (Å²) >= 11 is 0. The first-order valence-electron chi connectivity index (χ1n) is 8.65. The third-order valence-corrected chi connectivity index (χ3v) is 4.27. The molecular weight excluding hydrogens is 316 g/mol. The van der Waals surface area contributed by atoms with Crippen LogP contribution in [0.5, 0.6) is 5.75 Å². The first-order chi connectivity index (χ1) is 12.2. The minimum Gasteiger partial charge on any atom is -0.423 e. The van der Waals surface area contributed by atoms with Crippen LogP contribution in [0.15, 0.2) is 54.6 Å². The van der Waals surface area contributed by atoms with Crippen LogP contribution in [0.4, 0.5) is 10.5 Å². The van der Waals surface area contributed by atoms with Crippen molar-refractivity contribution in [3.63, 3.8) is 0 Å². The number of carbonyl (C=O) groups excluding carboxylic acids is 2. The van der Waals surface area contributed by atoms with Crippen molar-refractivity contribution in [1.29, 1.82) is 0 Å². The van der Waals surface area contributed by atoms with Gasteiger partial charge in [0.1, 0.15) is 5.75 Å². The van der Waals surface area contributed by atoms with Gasteiger partial charge in [-0.05, 0) is 49.2 Å². The van der Waals surface area contributed by atoms with Crippen molar-refractivity contribution in [3.8, 4) is 5.75 Å². The van der Waals surface area contributed by atoms with Gasteiger partial charge in [-0.1, -0.05) is 37.5 Å². The van der Waals surface area contributed by atoms with E-state index in [0.717, 1.165) is 12.8 Å². The van der Waals surface area contributed by atoms with E-state index in [1.807, 2.05) is 6.07 Å². The van der Waals surface area contributed by atoms with Gasteiger partial charge in [0.2, 0.25) is 0 Å². The summed E-state index contributed by atoms with van der Waals surface area (Å²) in [6.07, 6.45) is 5.69. The summed E-state index contributed by atoms with van der Waals surface area (Å²) in [5.74, 6) is 0.0310. The zero-order valence-corrected chi connectivity index (χ0v) is 14.0. The molecule has 1 aliphatic rings. The molecule has 3 rings (SSSR count). The molecule has 2 amide bonds. The molecule has 5 heteroatoms. The van der Waals surface area contributed by atoms with Gasteiger partial charge in [-0.3, -0.25) is 0 Å². The minimum atomic E-state index is -0.406. The van der Waals surface area contributed by atoms with Crippen molar-refractivity contribution in [2.75, 3.05) is 5.32 Å². The lowest BCUT2D eigenvalue weighted by atomic mass is 9.96. The number of carbonyl (C=O) groups is 2. The number of nitrogens with one attached hydrogen (secondary N) is 2. The van der Waals surface area contributed by atoms with Gasteiger partial charge in [0.25, 0.3) is 0 Å². The van der Waals surface area contributed by atoms with Gasteiger partial charge in [0, 0.05) is 11.7 Å². The van der Waals surface area contributed by atoms with Crippen molar-refractivity contribution >= 4 is 17.7 Å². The topological polar surface area (TPSA) is 67.4 Å². The number of ether oxygens (including phenoxy) is 1. The van der Waals surface area contributed by atoms with Crippen molar-refractivity contribution in [1.82, 2.24) is 5.32 Å². The SMILES string of the molecule is O=C(Nc1ccc(OC(=O)c2ccccc2)cc1)NC1CCCCC1. The third-order valence-electron chi connectivity index (χ3n) is 4.27. The standard InChI is InChI=1S/C20H22N2O3/c23-19(15-7-3-1-4-8-15)25-18-13-11-17(12-14-18)22-20(24)21-16-9-5-2-6-10-16/h1,3-4,7-8,11-14,16H,2,5-6,9-10H2,(H2,21,22,24). The van der Waals surface area contributed by atoms with Crippen molar-refractivity contribution in [2.45, 2.75) is 38.1 Å². The fourth-order valence-electron chi connectivity index (χ4n) is 2.95. The Bertz CT molecular complexity index is 707. The van der Waals surface area contributed by atoms with Gasteiger partial charge in [0.05, 0.1) is 5.56 Å². The lowest BCUT2D eigenvalue weighted by Gasteiger charge is -2.22. The Morgan fingerprint density at radius 2 is 1.56 bits per heavy atom. The molecule has 130 valence electrons. The predicted octanol–water partition coefficient (Wildman–Crippen LogP) is 4.36. The minimum absolute atomic E-state index is 0.194. The molecule has 0 aromatic heterocycles. The van der Waals surface area contributed by atoms with E-state index in [2.05, 4.69) is 10.6 Å². The summed E-state index contributed by atoms with van der Waals surface area (Å²) < 4.78 is 5.31. The van der Waals surface area contributed by atoms with Crippen LogP contribution in [0.3, 0.4) is 0 Å². The average molecular weight is 338 g/mol. The molecule has 1 fully saturated rings. The highest BCUT2D eigenvalue weighted by Crippen LogP contribution is 2.19. The number of amides is 2. The van der Waals surface area contributed by atoms with Crippen LogP contribution in [0.2, 0.25) is 0 Å². The van der Waals surface area contributed by atoms with Crippen LogP contribution in [-0.2, 0) is 0 Å². The van der Waals surface area contributed by atoms with Gasteiger partial charge < -0.3 is 15.4 Å². The van der Waals surface area contributed by atoms with Gasteiger partial charge in [-0.2, -0.15) is 0 Å². The molecule has 2 N–H and O–H groups in total. The molecule has 0 atom stereocenters. The molecule has 1 saturated carbocycles. The lowest BCUT2D eigenvalue weighted by molar-refractivity contribution is 0.0734. The molecule has 1 aliphatic carbocycles. The van der Waals surface area contributed by atoms with E-state index in [1.54, 1.807) is 48.5 Å². The summed E-state index contributed by atoms with van der Waals surface area (Å²) in [4.78, 5) is 24.0. The average Bonchev–Trinajstić information content (AvgIpc) is 2.65. The molecule has 25 heavy (non-hydrogen) atoms. The zero-order chi connectivity index (χ0) is 17.5. The second-order valence-corrected chi connectivity index (χ2v) is 6.21. The van der Waals surface area contributed by atoms with Crippen LogP contribution in [0.25, 0.3) is 0 Å². The summed E-state index contributed by atoms with van der Waals surface area (Å²) in [6.45, 7) is 0. The van der Waals surface area contributed by atoms with Crippen LogP contribution in [0, 0.1) is 0 Å². The van der Waals surface area contributed by atoms with Gasteiger partial charge in [0.15, 0.2) is 0 Å². The highest BCUT2D eigenvalue weighted by Gasteiger charge is 2.15. The van der Waals surface area contributed by atoms with Gasteiger partial charge in [-0.25, -0.2) is 9.59 Å². The number of benzene rings is 2. The van der Waals surface area contributed by atoms with Crippen molar-refractivity contribution in [3.05, 3.63) is 60.2 Å². The number of esters is 1. The first-order valence-corrected chi connectivity index (χ1v) is 8.65. The Balaban J connectivity index is 1.51. The summed E-state index contributed by atoms with van der Waals surface area (Å²) in [6, 6.07) is 15.7. The Morgan fingerprint density at radius 3 is 2.24 bits per heavy atom. The van der Waals surface area contributed by atoms with Crippen LogP contribution >= 0.6 is 0 Å². The molecule has 0 aliphatic heterocycles. The highest BCUT2D eigenvalue weighted by atomic mass is 16.5. The number of urea groups is 1. The van der Waals surface area contributed by atoms with Crippen molar-refractivity contribution < 1.29 is 14.3 Å². The van der Waals surface area contributed by atoms with E-state index in [0.29, 0.717) is 17.0 Å². The molecule has 0 saturated heterocycles. The lowest BCUT2D eigenvalue weighted by Crippen LogP contribution is -2.38. The Labute approximate surface area is 147 Å². The maximum atomic E-state index is 12.0. The predicted molar refractivity (Wildman–Crippen MR) is 96.9 cm³/mol. The van der Waals surface area contributed by atoms with E-state index in [1.165, 1.54) is 19.3 Å². The number of anilines is 1. The van der Waals surface area contributed by atoms with Crippen LogP contribution in [0.1, 0.15) is 42.5 Å². The Hall–Kier alpha value is -2.82. The first kappa shape index (κ1) is 17.0. The highest BCUT2D eigenvalue weighted by molar-refractivity contribution is 5.91. The van der Waals surface area contributed by atoms with Crippen LogP contribution < -0.4 is 15.4 Å². The van der Waals surface area contributed by atoms with Gasteiger partial charge in [-0.15, -0.1) is 0 Å². The van der Waals surface area contributed by atoms with E-state index < -0.39 is 5.97 Å². The maximum absolute atomic E-state index is 12.0. The third kappa shape index (κ3) is 5.08. The maximum Gasteiger partial charge on any atom is 0.343 e. The second-order valence-electron chi connectivity index (χ2n) is 6.21. The van der Waals surface area contributed by atoms with E-state index in [9.17, 15) is 9.59 Å². The van der Waals surface area contributed by atoms with E-state index in [4.69, 9.17) is 4.74 Å². The van der Waals surface area contributed by atoms with Crippen molar-refractivity contribution in [2.24, 2.45) is 0 Å². The largest absolute Gasteiger partial charge is 0.423 e. The number of hydrogen-bond acceptors (Lipinski definition) is 3. The normalized spacial score (nSPS) is 14.6. The fourth-order valence-corrected chi connectivity index (χ4v) is 2.95. The molecule has 0 unspecified atom stereocenters. The Morgan fingerprint density at radius 1 is 0.880 bits per heavy atom. The number of hydrogen-bond donors (Lipinski definition) is 2. The Kier molecular flexibility index (Phi) is 5.67. The molecule has 5 nitrogen and oxygen atoms in total. The van der Waals surface area contributed by atoms with E-state index in [-0.39, 0.29) is 12.1 Å². The quantitative estimate of drug-likeness (QED) is 0.643. The van der Waals surface area contributed by atoms with Gasteiger partial charge >= 0.3 is 12.0 Å². The molecule has 2 aromatic rings. The molecule has 2 aromatic carbocycles. The smallest absolute Gasteiger partial charge is 0.343 e. The fraction of sp³-hybridized carbons (Fsp3) is 0.300. The summed E-state index contributed by atoms with van der Waals surface area (Å²) in [7, 11) is 0. The second kappa shape index (κ2) is 8.33. The summed E-state index contributed by atoms with van der Waals surface area (Å²) in [5, 5.41) is 5.81. The molecule has 0 radical (unpaired) electrons. The number of rotatable bonds is 4. The molecule has 0 spiro atoms.